The highest BCUT2D eigenvalue weighted by Crippen LogP contribution is 2.14. The molecule has 0 aliphatic rings. The zero-order valence-corrected chi connectivity index (χ0v) is 15.2. The second-order valence-corrected chi connectivity index (χ2v) is 6.26. The Morgan fingerprint density at radius 2 is 2.16 bits per heavy atom. The van der Waals surface area contributed by atoms with Gasteiger partial charge in [-0.3, -0.25) is 4.99 Å². The highest BCUT2D eigenvalue weighted by atomic mass is 127. The Labute approximate surface area is 138 Å². The van der Waals surface area contributed by atoms with Gasteiger partial charge in [-0.05, 0) is 36.1 Å². The Morgan fingerprint density at radius 1 is 1.42 bits per heavy atom. The maximum Gasteiger partial charge on any atom is 0.188 e. The van der Waals surface area contributed by atoms with Gasteiger partial charge in [-0.2, -0.15) is 0 Å². The van der Waals surface area contributed by atoms with Crippen molar-refractivity contribution in [3.63, 3.8) is 0 Å². The minimum Gasteiger partial charge on any atom is -0.370 e. The first-order valence-electron chi connectivity index (χ1n) is 6.64. The molecule has 0 aromatic carbocycles. The molecule has 1 aromatic rings. The molecule has 1 heterocycles. The lowest BCUT2D eigenvalue weighted by Gasteiger charge is -2.10. The van der Waals surface area contributed by atoms with E-state index in [9.17, 15) is 0 Å². The number of hydrogen-bond acceptors (Lipinski definition) is 2. The van der Waals surface area contributed by atoms with E-state index < -0.39 is 0 Å². The summed E-state index contributed by atoms with van der Waals surface area (Å²) in [6.07, 6.45) is 2.21. The Kier molecular flexibility index (Phi) is 10.3. The van der Waals surface area contributed by atoms with Crippen LogP contribution in [0.2, 0.25) is 0 Å². The third kappa shape index (κ3) is 9.27. The monoisotopic (exact) mass is 395 g/mol. The van der Waals surface area contributed by atoms with Crippen LogP contribution in [0.15, 0.2) is 22.5 Å². The number of nitrogens with one attached hydrogen (secondary N) is 1. The molecule has 3 nitrogen and oxygen atoms in total. The highest BCUT2D eigenvalue weighted by molar-refractivity contribution is 14.0. The molecule has 0 saturated heterocycles. The quantitative estimate of drug-likeness (QED) is 0.422. The van der Waals surface area contributed by atoms with E-state index in [-0.39, 0.29) is 24.0 Å². The third-order valence-electron chi connectivity index (χ3n) is 2.73. The minimum atomic E-state index is 0. The summed E-state index contributed by atoms with van der Waals surface area (Å²) < 4.78 is 0. The van der Waals surface area contributed by atoms with E-state index in [1.807, 2.05) is 11.3 Å². The fraction of sp³-hybridized carbons (Fsp3) is 0.643. The summed E-state index contributed by atoms with van der Waals surface area (Å²) in [7, 11) is 0. The van der Waals surface area contributed by atoms with Crippen molar-refractivity contribution in [3.05, 3.63) is 22.4 Å². The van der Waals surface area contributed by atoms with Crippen LogP contribution in [0.1, 0.15) is 32.1 Å². The molecule has 0 radical (unpaired) electrons. The van der Waals surface area contributed by atoms with Gasteiger partial charge >= 0.3 is 0 Å². The van der Waals surface area contributed by atoms with Gasteiger partial charge in [0.1, 0.15) is 0 Å². The largest absolute Gasteiger partial charge is 0.370 e. The van der Waals surface area contributed by atoms with Crippen molar-refractivity contribution in [2.75, 3.05) is 13.1 Å². The summed E-state index contributed by atoms with van der Waals surface area (Å²) in [4.78, 5) is 5.81. The molecule has 0 aliphatic carbocycles. The minimum absolute atomic E-state index is 0. The molecule has 3 N–H and O–H groups in total. The summed E-state index contributed by atoms with van der Waals surface area (Å²) in [5.74, 6) is 1.81. The Hall–Kier alpha value is -0.300. The van der Waals surface area contributed by atoms with Crippen molar-refractivity contribution in [1.29, 1.82) is 0 Å². The van der Waals surface area contributed by atoms with Crippen LogP contribution in [0.3, 0.4) is 0 Å². The van der Waals surface area contributed by atoms with Gasteiger partial charge in [0.25, 0.3) is 0 Å². The van der Waals surface area contributed by atoms with Crippen molar-refractivity contribution in [1.82, 2.24) is 5.32 Å². The van der Waals surface area contributed by atoms with Crippen molar-refractivity contribution < 1.29 is 0 Å². The smallest absolute Gasteiger partial charge is 0.188 e. The van der Waals surface area contributed by atoms with E-state index in [1.54, 1.807) is 0 Å². The molecule has 110 valence electrons. The molecule has 0 spiro atoms. The van der Waals surface area contributed by atoms with E-state index in [2.05, 4.69) is 48.6 Å². The lowest BCUT2D eigenvalue weighted by molar-refractivity contribution is 0.572. The predicted octanol–water partition coefficient (Wildman–Crippen LogP) is 3.50. The number of hydrogen-bond donors (Lipinski definition) is 2. The SMILES string of the molecule is CC(C)CCNC(N)=NCC(C)Cc1cccs1.I. The normalized spacial score (nSPS) is 13.2. The maximum absolute atomic E-state index is 5.82. The molecule has 1 atom stereocenters. The molecule has 0 amide bonds. The van der Waals surface area contributed by atoms with Gasteiger partial charge in [-0.1, -0.05) is 26.8 Å². The number of halogens is 1. The van der Waals surface area contributed by atoms with Gasteiger partial charge in [0, 0.05) is 18.0 Å². The van der Waals surface area contributed by atoms with Crippen molar-refractivity contribution in [2.45, 2.75) is 33.6 Å². The summed E-state index contributed by atoms with van der Waals surface area (Å²) in [5, 5.41) is 5.28. The van der Waals surface area contributed by atoms with Crippen LogP contribution >= 0.6 is 35.3 Å². The number of thiophene rings is 1. The van der Waals surface area contributed by atoms with Crippen molar-refractivity contribution in [2.24, 2.45) is 22.6 Å². The third-order valence-corrected chi connectivity index (χ3v) is 3.63. The highest BCUT2D eigenvalue weighted by Gasteiger charge is 2.04. The maximum atomic E-state index is 5.82. The molecule has 1 aromatic heterocycles. The topological polar surface area (TPSA) is 50.4 Å². The lowest BCUT2D eigenvalue weighted by Crippen LogP contribution is -2.33. The molecule has 0 bridgehead atoms. The molecule has 19 heavy (non-hydrogen) atoms. The number of rotatable bonds is 7. The van der Waals surface area contributed by atoms with E-state index >= 15 is 0 Å². The van der Waals surface area contributed by atoms with Gasteiger partial charge < -0.3 is 11.1 Å². The Bertz CT molecular complexity index is 350. The molecular weight excluding hydrogens is 369 g/mol. The van der Waals surface area contributed by atoms with Crippen LogP contribution in [-0.4, -0.2) is 19.0 Å². The predicted molar refractivity (Wildman–Crippen MR) is 96.5 cm³/mol. The second-order valence-electron chi connectivity index (χ2n) is 5.22. The molecule has 0 saturated carbocycles. The van der Waals surface area contributed by atoms with Crippen LogP contribution in [0.4, 0.5) is 0 Å². The van der Waals surface area contributed by atoms with Crippen LogP contribution < -0.4 is 11.1 Å². The average molecular weight is 395 g/mol. The van der Waals surface area contributed by atoms with Gasteiger partial charge in [-0.25, -0.2) is 0 Å². The summed E-state index contributed by atoms with van der Waals surface area (Å²) >= 11 is 1.81. The first kappa shape index (κ1) is 18.7. The number of guanidine groups is 1. The zero-order valence-electron chi connectivity index (χ0n) is 12.1. The van der Waals surface area contributed by atoms with E-state index in [0.29, 0.717) is 17.8 Å². The molecule has 1 rings (SSSR count). The molecule has 0 fully saturated rings. The van der Waals surface area contributed by atoms with Gasteiger partial charge in [0.2, 0.25) is 0 Å². The van der Waals surface area contributed by atoms with Crippen LogP contribution in [0.5, 0.6) is 0 Å². The molecular formula is C14H26IN3S. The number of aliphatic imine (C=N–C) groups is 1. The van der Waals surface area contributed by atoms with E-state index in [4.69, 9.17) is 5.73 Å². The Balaban J connectivity index is 0.00000324. The number of nitrogens with two attached hydrogens (primary N) is 1. The van der Waals surface area contributed by atoms with Gasteiger partial charge in [0.05, 0.1) is 0 Å². The number of nitrogens with zero attached hydrogens (tertiary/aromatic N) is 1. The fourth-order valence-corrected chi connectivity index (χ4v) is 2.51. The summed E-state index contributed by atoms with van der Waals surface area (Å²) in [5.41, 5.74) is 5.82. The van der Waals surface area contributed by atoms with Crippen LogP contribution in [0, 0.1) is 11.8 Å². The van der Waals surface area contributed by atoms with Gasteiger partial charge in [0.15, 0.2) is 5.96 Å². The first-order chi connectivity index (χ1) is 8.58. The van der Waals surface area contributed by atoms with Gasteiger partial charge in [-0.15, -0.1) is 35.3 Å². The summed E-state index contributed by atoms with van der Waals surface area (Å²) in [6.45, 7) is 8.32. The zero-order chi connectivity index (χ0) is 13.4. The average Bonchev–Trinajstić information content (AvgIpc) is 2.78. The lowest BCUT2D eigenvalue weighted by atomic mass is 10.1. The molecule has 5 heteroatoms. The first-order valence-corrected chi connectivity index (χ1v) is 7.52. The summed E-state index contributed by atoms with van der Waals surface area (Å²) in [6, 6.07) is 4.27. The molecule has 1 unspecified atom stereocenters. The van der Waals surface area contributed by atoms with E-state index in [0.717, 1.165) is 25.9 Å². The second kappa shape index (κ2) is 10.5. The van der Waals surface area contributed by atoms with Crippen LogP contribution in [-0.2, 0) is 6.42 Å². The fourth-order valence-electron chi connectivity index (χ4n) is 1.64. The van der Waals surface area contributed by atoms with Crippen LogP contribution in [0.25, 0.3) is 0 Å². The van der Waals surface area contributed by atoms with Crippen molar-refractivity contribution in [3.8, 4) is 0 Å². The molecule has 0 aliphatic heterocycles. The van der Waals surface area contributed by atoms with Crippen molar-refractivity contribution >= 4 is 41.3 Å². The standard InChI is InChI=1S/C14H25N3S.HI/c1-11(2)6-7-16-14(15)17-10-12(3)9-13-5-4-8-18-13;/h4-5,8,11-12H,6-7,9-10H2,1-3H3,(H3,15,16,17);1H. The van der Waals surface area contributed by atoms with E-state index in [1.165, 1.54) is 4.88 Å². The Morgan fingerprint density at radius 3 is 2.74 bits per heavy atom.